The lowest BCUT2D eigenvalue weighted by molar-refractivity contribution is -0.384. The Hall–Kier alpha value is -3.04. The lowest BCUT2D eigenvalue weighted by Gasteiger charge is -2.10. The third kappa shape index (κ3) is 4.36. The monoisotopic (exact) mass is 467 g/mol. The molecule has 0 saturated carbocycles. The zero-order valence-corrected chi connectivity index (χ0v) is 17.4. The van der Waals surface area contributed by atoms with E-state index in [1.807, 2.05) is 41.0 Å². The number of benzene rings is 2. The molecule has 2 heterocycles. The van der Waals surface area contributed by atoms with Gasteiger partial charge in [-0.15, -0.1) is 10.2 Å². The maximum Gasteiger partial charge on any atom is 0.269 e. The van der Waals surface area contributed by atoms with E-state index < -0.39 is 4.92 Å². The molecule has 0 unspecified atom stereocenters. The van der Waals surface area contributed by atoms with Gasteiger partial charge >= 0.3 is 0 Å². The number of halogens is 1. The van der Waals surface area contributed by atoms with Crippen LogP contribution in [0.3, 0.4) is 0 Å². The number of pyridine rings is 1. The average molecular weight is 468 g/mol. The maximum absolute atomic E-state index is 10.8. The Morgan fingerprint density at radius 1 is 0.966 bits per heavy atom. The fraction of sp³-hybridized carbons (Fsp3) is 0.0500. The molecular weight excluding hydrogens is 454 g/mol. The summed E-state index contributed by atoms with van der Waals surface area (Å²) in [6.07, 6.45) is 3.44. The highest BCUT2D eigenvalue weighted by Gasteiger charge is 2.16. The molecule has 0 aliphatic heterocycles. The molecule has 4 aromatic rings. The van der Waals surface area contributed by atoms with Crippen LogP contribution >= 0.6 is 27.7 Å². The first kappa shape index (κ1) is 19.3. The van der Waals surface area contributed by atoms with Crippen LogP contribution in [-0.4, -0.2) is 24.7 Å². The van der Waals surface area contributed by atoms with Crippen molar-refractivity contribution in [2.75, 3.05) is 0 Å². The van der Waals surface area contributed by atoms with E-state index in [-0.39, 0.29) is 5.69 Å². The number of thioether (sulfide) groups is 1. The van der Waals surface area contributed by atoms with Gasteiger partial charge < -0.3 is 0 Å². The summed E-state index contributed by atoms with van der Waals surface area (Å²) in [6.45, 7) is 0. The quantitative estimate of drug-likeness (QED) is 0.217. The van der Waals surface area contributed by atoms with Crippen molar-refractivity contribution < 1.29 is 4.92 Å². The molecule has 9 heteroatoms. The van der Waals surface area contributed by atoms with Crippen LogP contribution in [0.4, 0.5) is 5.69 Å². The number of nitro benzene ring substituents is 1. The Morgan fingerprint density at radius 2 is 1.66 bits per heavy atom. The number of aromatic nitrogens is 4. The van der Waals surface area contributed by atoms with Gasteiger partial charge in [-0.1, -0.05) is 39.8 Å². The molecule has 0 aliphatic carbocycles. The third-order valence-electron chi connectivity index (χ3n) is 4.17. The van der Waals surface area contributed by atoms with Crippen LogP contribution < -0.4 is 0 Å². The van der Waals surface area contributed by atoms with Gasteiger partial charge in [0, 0.05) is 46.0 Å². The molecule has 2 aromatic heterocycles. The topological polar surface area (TPSA) is 86.7 Å². The fourth-order valence-corrected chi connectivity index (χ4v) is 3.91. The number of hydrogen-bond donors (Lipinski definition) is 0. The molecule has 0 radical (unpaired) electrons. The fourth-order valence-electron chi connectivity index (χ4n) is 2.74. The lowest BCUT2D eigenvalue weighted by atomic mass is 10.2. The van der Waals surface area contributed by atoms with Crippen LogP contribution in [-0.2, 0) is 5.75 Å². The van der Waals surface area contributed by atoms with Gasteiger partial charge in [0.05, 0.1) is 4.92 Å². The zero-order chi connectivity index (χ0) is 20.2. The van der Waals surface area contributed by atoms with Crippen LogP contribution in [0, 0.1) is 10.1 Å². The first-order valence-corrected chi connectivity index (χ1v) is 10.4. The van der Waals surface area contributed by atoms with Gasteiger partial charge in [-0.2, -0.15) is 0 Å². The predicted octanol–water partition coefficient (Wildman–Crippen LogP) is 5.29. The van der Waals surface area contributed by atoms with E-state index in [0.29, 0.717) is 5.75 Å². The predicted molar refractivity (Wildman–Crippen MR) is 115 cm³/mol. The SMILES string of the molecule is O=[N+]([O-])c1ccc(CSc2nnc(-c3ccncc3)n2-c2ccc(Br)cc2)cc1. The van der Waals surface area contributed by atoms with Crippen LogP contribution in [0.1, 0.15) is 5.56 Å². The highest BCUT2D eigenvalue weighted by Crippen LogP contribution is 2.30. The van der Waals surface area contributed by atoms with Gasteiger partial charge in [0.1, 0.15) is 0 Å². The molecule has 0 fully saturated rings. The highest BCUT2D eigenvalue weighted by atomic mass is 79.9. The number of nitrogens with zero attached hydrogens (tertiary/aromatic N) is 5. The molecule has 0 bridgehead atoms. The van der Waals surface area contributed by atoms with Crippen LogP contribution in [0.2, 0.25) is 0 Å². The summed E-state index contributed by atoms with van der Waals surface area (Å²) in [5.74, 6) is 1.34. The van der Waals surface area contributed by atoms with Gasteiger partial charge in [0.15, 0.2) is 11.0 Å². The Kier molecular flexibility index (Phi) is 5.68. The molecule has 2 aromatic carbocycles. The minimum absolute atomic E-state index is 0.0803. The largest absolute Gasteiger partial charge is 0.270 e. The molecular formula is C20H14BrN5O2S. The van der Waals surface area contributed by atoms with Gasteiger partial charge in [-0.05, 0) is 42.0 Å². The molecule has 7 nitrogen and oxygen atoms in total. The molecule has 0 spiro atoms. The second-order valence-electron chi connectivity index (χ2n) is 6.07. The van der Waals surface area contributed by atoms with Gasteiger partial charge in [-0.3, -0.25) is 19.7 Å². The Bertz CT molecular complexity index is 1130. The van der Waals surface area contributed by atoms with E-state index in [2.05, 4.69) is 31.1 Å². The zero-order valence-electron chi connectivity index (χ0n) is 15.0. The number of rotatable bonds is 6. The lowest BCUT2D eigenvalue weighted by Crippen LogP contribution is -2.00. The minimum Gasteiger partial charge on any atom is -0.270 e. The van der Waals surface area contributed by atoms with Gasteiger partial charge in [0.2, 0.25) is 0 Å². The summed E-state index contributed by atoms with van der Waals surface area (Å²) in [5.41, 5.74) is 2.90. The van der Waals surface area contributed by atoms with E-state index in [1.54, 1.807) is 24.5 Å². The first-order valence-electron chi connectivity index (χ1n) is 8.60. The highest BCUT2D eigenvalue weighted by molar-refractivity contribution is 9.10. The second-order valence-corrected chi connectivity index (χ2v) is 7.92. The molecule has 4 rings (SSSR count). The van der Waals surface area contributed by atoms with Crippen molar-refractivity contribution in [3.8, 4) is 17.1 Å². The average Bonchev–Trinajstić information content (AvgIpc) is 3.17. The smallest absolute Gasteiger partial charge is 0.269 e. The first-order chi connectivity index (χ1) is 14.1. The molecule has 0 amide bonds. The second kappa shape index (κ2) is 8.54. The Labute approximate surface area is 179 Å². The van der Waals surface area contributed by atoms with E-state index in [0.717, 1.165) is 32.3 Å². The minimum atomic E-state index is -0.401. The molecule has 29 heavy (non-hydrogen) atoms. The summed E-state index contributed by atoms with van der Waals surface area (Å²) in [5, 5.41) is 20.3. The van der Waals surface area contributed by atoms with Crippen LogP contribution in [0.25, 0.3) is 17.1 Å². The van der Waals surface area contributed by atoms with Crippen molar-refractivity contribution in [2.45, 2.75) is 10.9 Å². The molecule has 0 saturated heterocycles. The van der Waals surface area contributed by atoms with Gasteiger partial charge in [0.25, 0.3) is 5.69 Å². The summed E-state index contributed by atoms with van der Waals surface area (Å²) in [6, 6.07) is 18.3. The van der Waals surface area contributed by atoms with E-state index >= 15 is 0 Å². The van der Waals surface area contributed by atoms with Gasteiger partial charge in [-0.25, -0.2) is 0 Å². The maximum atomic E-state index is 10.8. The van der Waals surface area contributed by atoms with Crippen LogP contribution in [0.15, 0.2) is 82.7 Å². The van der Waals surface area contributed by atoms with E-state index in [1.165, 1.54) is 23.9 Å². The van der Waals surface area contributed by atoms with Crippen molar-refractivity contribution in [2.24, 2.45) is 0 Å². The van der Waals surface area contributed by atoms with E-state index in [9.17, 15) is 10.1 Å². The molecule has 0 N–H and O–H groups in total. The summed E-state index contributed by atoms with van der Waals surface area (Å²) in [4.78, 5) is 14.5. The summed E-state index contributed by atoms with van der Waals surface area (Å²) in [7, 11) is 0. The molecule has 0 aliphatic rings. The number of non-ortho nitro benzene ring substituents is 1. The third-order valence-corrected chi connectivity index (χ3v) is 5.70. The summed E-state index contributed by atoms with van der Waals surface area (Å²) >= 11 is 4.99. The van der Waals surface area contributed by atoms with E-state index in [4.69, 9.17) is 0 Å². The van der Waals surface area contributed by atoms with Crippen molar-refractivity contribution >= 4 is 33.4 Å². The van der Waals surface area contributed by atoms with Crippen LogP contribution in [0.5, 0.6) is 0 Å². The molecule has 0 atom stereocenters. The van der Waals surface area contributed by atoms with Crippen molar-refractivity contribution in [3.05, 3.63) is 93.2 Å². The number of hydrogen-bond acceptors (Lipinski definition) is 6. The normalized spacial score (nSPS) is 10.8. The number of nitro groups is 1. The van der Waals surface area contributed by atoms with Crippen molar-refractivity contribution in [1.29, 1.82) is 0 Å². The Balaban J connectivity index is 1.67. The molecule has 144 valence electrons. The van der Waals surface area contributed by atoms with Crippen molar-refractivity contribution in [1.82, 2.24) is 19.7 Å². The Morgan fingerprint density at radius 3 is 2.31 bits per heavy atom. The standard InChI is InChI=1S/C20H14BrN5O2S/c21-16-3-7-17(8-4-16)25-19(15-9-11-22-12-10-15)23-24-20(25)29-13-14-1-5-18(6-2-14)26(27)28/h1-12H,13H2. The van der Waals surface area contributed by atoms with Crippen molar-refractivity contribution in [3.63, 3.8) is 0 Å². The summed E-state index contributed by atoms with van der Waals surface area (Å²) < 4.78 is 2.98.